The van der Waals surface area contributed by atoms with Gasteiger partial charge in [-0.2, -0.15) is 4.98 Å². The van der Waals surface area contributed by atoms with Crippen LogP contribution >= 0.6 is 0 Å². The highest BCUT2D eigenvalue weighted by Crippen LogP contribution is 2.19. The minimum atomic E-state index is 0.425. The Kier molecular flexibility index (Phi) is 4.03. The maximum atomic E-state index is 5.83. The molecule has 1 atom stereocenters. The van der Waals surface area contributed by atoms with Gasteiger partial charge in [0.1, 0.15) is 5.69 Å². The normalized spacial score (nSPS) is 20.1. The molecule has 1 aliphatic heterocycles. The Morgan fingerprint density at radius 1 is 1.35 bits per heavy atom. The van der Waals surface area contributed by atoms with Gasteiger partial charge in [0, 0.05) is 18.8 Å². The minimum Gasteiger partial charge on any atom is -0.337 e. The van der Waals surface area contributed by atoms with Crippen LogP contribution in [-0.2, 0) is 6.54 Å². The van der Waals surface area contributed by atoms with Crippen molar-refractivity contribution < 1.29 is 4.52 Å². The summed E-state index contributed by atoms with van der Waals surface area (Å²) in [4.78, 5) is 11.0. The highest BCUT2D eigenvalue weighted by Gasteiger charge is 2.23. The highest BCUT2D eigenvalue weighted by atomic mass is 16.5. The van der Waals surface area contributed by atoms with E-state index in [0.29, 0.717) is 30.8 Å². The third-order valence-corrected chi connectivity index (χ3v) is 3.72. The average Bonchev–Trinajstić information content (AvgIpc) is 2.97. The van der Waals surface area contributed by atoms with Crippen molar-refractivity contribution >= 4 is 0 Å². The van der Waals surface area contributed by atoms with Crippen molar-refractivity contribution in [2.75, 3.05) is 13.1 Å². The lowest BCUT2D eigenvalue weighted by Gasteiger charge is -2.33. The maximum absolute atomic E-state index is 5.83. The Balaban J connectivity index is 1.71. The molecule has 0 radical (unpaired) electrons. The summed E-state index contributed by atoms with van der Waals surface area (Å²) in [6, 6.07) is 6.07. The SMILES string of the molecule is NCC1CCCCN1Cc1nc(-c2ccccn2)no1. The van der Waals surface area contributed by atoms with Crippen LogP contribution in [0.3, 0.4) is 0 Å². The topological polar surface area (TPSA) is 81.1 Å². The molecule has 1 unspecified atom stereocenters. The highest BCUT2D eigenvalue weighted by molar-refractivity contribution is 5.46. The molecule has 2 aromatic heterocycles. The van der Waals surface area contributed by atoms with Crippen molar-refractivity contribution in [3.05, 3.63) is 30.3 Å². The van der Waals surface area contributed by atoms with Gasteiger partial charge < -0.3 is 10.3 Å². The molecule has 20 heavy (non-hydrogen) atoms. The van der Waals surface area contributed by atoms with Crippen molar-refractivity contribution in [2.45, 2.75) is 31.8 Å². The third kappa shape index (κ3) is 2.86. The molecule has 2 N–H and O–H groups in total. The second-order valence-electron chi connectivity index (χ2n) is 5.08. The lowest BCUT2D eigenvalue weighted by molar-refractivity contribution is 0.128. The second-order valence-corrected chi connectivity index (χ2v) is 5.08. The quantitative estimate of drug-likeness (QED) is 0.908. The first kappa shape index (κ1) is 13.2. The molecule has 0 spiro atoms. The number of rotatable bonds is 4. The summed E-state index contributed by atoms with van der Waals surface area (Å²) in [5, 5.41) is 4.00. The van der Waals surface area contributed by atoms with Gasteiger partial charge in [0.15, 0.2) is 0 Å². The van der Waals surface area contributed by atoms with Crippen LogP contribution in [-0.4, -0.2) is 39.2 Å². The number of nitrogens with zero attached hydrogens (tertiary/aromatic N) is 4. The molecule has 6 heteroatoms. The number of hydrogen-bond acceptors (Lipinski definition) is 6. The fraction of sp³-hybridized carbons (Fsp3) is 0.500. The van der Waals surface area contributed by atoms with Crippen molar-refractivity contribution in [1.29, 1.82) is 0 Å². The van der Waals surface area contributed by atoms with Crippen LogP contribution in [0.5, 0.6) is 0 Å². The van der Waals surface area contributed by atoms with Gasteiger partial charge in [-0.15, -0.1) is 0 Å². The molecule has 0 aliphatic carbocycles. The van der Waals surface area contributed by atoms with Crippen LogP contribution in [0.4, 0.5) is 0 Å². The second kappa shape index (κ2) is 6.11. The summed E-state index contributed by atoms with van der Waals surface area (Å²) in [7, 11) is 0. The van der Waals surface area contributed by atoms with E-state index in [0.717, 1.165) is 18.7 Å². The van der Waals surface area contributed by atoms with Gasteiger partial charge in [-0.1, -0.05) is 17.6 Å². The van der Waals surface area contributed by atoms with E-state index in [2.05, 4.69) is 20.0 Å². The molecule has 3 rings (SSSR count). The number of hydrogen-bond donors (Lipinski definition) is 1. The van der Waals surface area contributed by atoms with Gasteiger partial charge in [-0.05, 0) is 31.5 Å². The zero-order valence-electron chi connectivity index (χ0n) is 11.4. The summed E-state index contributed by atoms with van der Waals surface area (Å²) in [6.45, 7) is 2.39. The molecule has 1 saturated heterocycles. The molecule has 1 aliphatic rings. The number of likely N-dealkylation sites (tertiary alicyclic amines) is 1. The largest absolute Gasteiger partial charge is 0.337 e. The number of piperidine rings is 1. The van der Waals surface area contributed by atoms with Gasteiger partial charge in [-0.25, -0.2) is 0 Å². The van der Waals surface area contributed by atoms with Crippen molar-refractivity contribution in [3.8, 4) is 11.5 Å². The van der Waals surface area contributed by atoms with Crippen LogP contribution in [0.25, 0.3) is 11.5 Å². The van der Waals surface area contributed by atoms with Crippen LogP contribution in [0.2, 0.25) is 0 Å². The van der Waals surface area contributed by atoms with Gasteiger partial charge in [-0.3, -0.25) is 9.88 Å². The molecule has 2 aromatic rings. The van der Waals surface area contributed by atoms with E-state index in [1.165, 1.54) is 12.8 Å². The van der Waals surface area contributed by atoms with Crippen molar-refractivity contribution in [2.24, 2.45) is 5.73 Å². The predicted octanol–water partition coefficient (Wildman–Crippen LogP) is 1.44. The summed E-state index contributed by atoms with van der Waals surface area (Å²) in [5.74, 6) is 1.17. The fourth-order valence-electron chi connectivity index (χ4n) is 2.63. The first-order valence-electron chi connectivity index (χ1n) is 7.05. The Morgan fingerprint density at radius 3 is 3.10 bits per heavy atom. The molecule has 0 bridgehead atoms. The fourth-order valence-corrected chi connectivity index (χ4v) is 2.63. The third-order valence-electron chi connectivity index (χ3n) is 3.72. The summed E-state index contributed by atoms with van der Waals surface area (Å²) >= 11 is 0. The number of aromatic nitrogens is 3. The molecular weight excluding hydrogens is 254 g/mol. The summed E-state index contributed by atoms with van der Waals surface area (Å²) < 4.78 is 5.33. The van der Waals surface area contributed by atoms with Crippen LogP contribution < -0.4 is 5.73 Å². The van der Waals surface area contributed by atoms with Gasteiger partial charge in [0.25, 0.3) is 0 Å². The van der Waals surface area contributed by atoms with Crippen molar-refractivity contribution in [1.82, 2.24) is 20.0 Å². The van der Waals surface area contributed by atoms with E-state index < -0.39 is 0 Å². The Labute approximate surface area is 118 Å². The monoisotopic (exact) mass is 273 g/mol. The van der Waals surface area contributed by atoms with Crippen LogP contribution in [0.15, 0.2) is 28.9 Å². The number of nitrogens with two attached hydrogens (primary N) is 1. The Hall–Kier alpha value is -1.79. The molecule has 0 saturated carbocycles. The van der Waals surface area contributed by atoms with E-state index in [1.807, 2.05) is 18.2 Å². The Morgan fingerprint density at radius 2 is 2.30 bits per heavy atom. The van der Waals surface area contributed by atoms with Crippen molar-refractivity contribution in [3.63, 3.8) is 0 Å². The molecule has 106 valence electrons. The molecule has 0 aromatic carbocycles. The smallest absolute Gasteiger partial charge is 0.241 e. The predicted molar refractivity (Wildman–Crippen MR) is 74.6 cm³/mol. The average molecular weight is 273 g/mol. The van der Waals surface area contributed by atoms with E-state index in [9.17, 15) is 0 Å². The molecule has 6 nitrogen and oxygen atoms in total. The lowest BCUT2D eigenvalue weighted by atomic mass is 10.0. The van der Waals surface area contributed by atoms with E-state index in [4.69, 9.17) is 10.3 Å². The van der Waals surface area contributed by atoms with E-state index >= 15 is 0 Å². The first-order valence-corrected chi connectivity index (χ1v) is 7.05. The van der Waals surface area contributed by atoms with E-state index in [1.54, 1.807) is 6.20 Å². The lowest BCUT2D eigenvalue weighted by Crippen LogP contribution is -2.43. The first-order chi connectivity index (χ1) is 9.86. The maximum Gasteiger partial charge on any atom is 0.241 e. The van der Waals surface area contributed by atoms with Crippen LogP contribution in [0.1, 0.15) is 25.2 Å². The molecule has 0 amide bonds. The van der Waals surface area contributed by atoms with Crippen LogP contribution in [0, 0.1) is 0 Å². The van der Waals surface area contributed by atoms with Gasteiger partial charge >= 0.3 is 0 Å². The van der Waals surface area contributed by atoms with Gasteiger partial charge in [0.2, 0.25) is 11.7 Å². The zero-order chi connectivity index (χ0) is 13.8. The molecular formula is C14H19N5O. The minimum absolute atomic E-state index is 0.425. The standard InChI is InChI=1S/C14H19N5O/c15-9-11-5-2-4-8-19(11)10-13-17-14(18-20-13)12-6-1-3-7-16-12/h1,3,6-7,11H,2,4-5,8-10,15H2. The summed E-state index contributed by atoms with van der Waals surface area (Å²) in [6.07, 6.45) is 5.33. The molecule has 1 fully saturated rings. The number of pyridine rings is 1. The van der Waals surface area contributed by atoms with Gasteiger partial charge in [0.05, 0.1) is 6.54 Å². The summed E-state index contributed by atoms with van der Waals surface area (Å²) in [5.41, 5.74) is 6.56. The molecule has 3 heterocycles. The van der Waals surface area contributed by atoms with E-state index in [-0.39, 0.29) is 0 Å². The Bertz CT molecular complexity index is 542. The zero-order valence-corrected chi connectivity index (χ0v) is 11.4.